The fourth-order valence-electron chi connectivity index (χ4n) is 2.01. The number of fused-ring (bicyclic) bond motifs is 1. The van der Waals surface area contributed by atoms with Crippen LogP contribution in [0.3, 0.4) is 0 Å². The van der Waals surface area contributed by atoms with Crippen molar-refractivity contribution in [2.45, 2.75) is 0 Å². The third-order valence-electron chi connectivity index (χ3n) is 2.81. The van der Waals surface area contributed by atoms with Crippen LogP contribution in [0.2, 0.25) is 10.3 Å². The van der Waals surface area contributed by atoms with Crippen LogP contribution in [0.4, 0.5) is 0 Å². The Morgan fingerprint density at radius 3 is 2.22 bits per heavy atom. The van der Waals surface area contributed by atoms with Crippen LogP contribution in [0.15, 0.2) is 48.8 Å². The van der Waals surface area contributed by atoms with Crippen molar-refractivity contribution in [3.05, 3.63) is 59.1 Å². The van der Waals surface area contributed by atoms with Crippen LogP contribution < -0.4 is 0 Å². The van der Waals surface area contributed by atoms with Gasteiger partial charge in [0.05, 0.1) is 5.56 Å². The zero-order chi connectivity index (χ0) is 12.5. The summed E-state index contributed by atoms with van der Waals surface area (Å²) in [7, 11) is 0. The highest BCUT2D eigenvalue weighted by Crippen LogP contribution is 2.35. The summed E-state index contributed by atoms with van der Waals surface area (Å²) in [6.45, 7) is 0. The number of rotatable bonds is 1. The van der Waals surface area contributed by atoms with Crippen molar-refractivity contribution in [2.24, 2.45) is 0 Å². The van der Waals surface area contributed by atoms with Gasteiger partial charge in [0.15, 0.2) is 0 Å². The summed E-state index contributed by atoms with van der Waals surface area (Å²) in [6, 6.07) is 14.0. The van der Waals surface area contributed by atoms with Crippen molar-refractivity contribution in [3.63, 3.8) is 0 Å². The first-order chi connectivity index (χ1) is 8.77. The van der Waals surface area contributed by atoms with E-state index in [2.05, 4.69) is 9.97 Å². The molecule has 0 aliphatic rings. The van der Waals surface area contributed by atoms with E-state index in [1.54, 1.807) is 0 Å². The van der Waals surface area contributed by atoms with Crippen molar-refractivity contribution in [1.82, 2.24) is 9.97 Å². The summed E-state index contributed by atoms with van der Waals surface area (Å²) in [5, 5.41) is 2.95. The molecule has 1 aromatic heterocycles. The molecule has 18 heavy (non-hydrogen) atoms. The van der Waals surface area contributed by atoms with Crippen LogP contribution in [0.5, 0.6) is 0 Å². The van der Waals surface area contributed by atoms with E-state index in [0.717, 1.165) is 16.3 Å². The second kappa shape index (κ2) is 4.56. The molecule has 0 N–H and O–H groups in total. The highest BCUT2D eigenvalue weighted by molar-refractivity contribution is 6.38. The van der Waals surface area contributed by atoms with Crippen molar-refractivity contribution in [1.29, 1.82) is 0 Å². The highest BCUT2D eigenvalue weighted by Gasteiger charge is 2.12. The van der Waals surface area contributed by atoms with Gasteiger partial charge in [0.1, 0.15) is 16.6 Å². The van der Waals surface area contributed by atoms with Gasteiger partial charge >= 0.3 is 0 Å². The maximum absolute atomic E-state index is 6.13. The molecule has 0 unspecified atom stereocenters. The first-order valence-electron chi connectivity index (χ1n) is 5.41. The molecule has 0 amide bonds. The quantitative estimate of drug-likeness (QED) is 0.606. The van der Waals surface area contributed by atoms with Gasteiger partial charge in [-0.05, 0) is 16.3 Å². The molecule has 88 valence electrons. The Kier molecular flexibility index (Phi) is 2.90. The van der Waals surface area contributed by atoms with Crippen molar-refractivity contribution in [2.75, 3.05) is 0 Å². The van der Waals surface area contributed by atoms with Gasteiger partial charge in [-0.25, -0.2) is 9.97 Å². The van der Waals surface area contributed by atoms with Gasteiger partial charge in [-0.15, -0.1) is 0 Å². The molecule has 0 spiro atoms. The van der Waals surface area contributed by atoms with Gasteiger partial charge in [0.25, 0.3) is 0 Å². The fourth-order valence-corrected chi connectivity index (χ4v) is 2.53. The summed E-state index contributed by atoms with van der Waals surface area (Å²) in [5.41, 5.74) is 1.63. The monoisotopic (exact) mass is 274 g/mol. The fraction of sp³-hybridized carbons (Fsp3) is 0. The maximum atomic E-state index is 6.13. The van der Waals surface area contributed by atoms with E-state index in [1.165, 1.54) is 6.33 Å². The lowest BCUT2D eigenvalue weighted by Gasteiger charge is -2.08. The highest BCUT2D eigenvalue weighted by atomic mass is 35.5. The van der Waals surface area contributed by atoms with Crippen molar-refractivity contribution in [3.8, 4) is 11.1 Å². The van der Waals surface area contributed by atoms with Gasteiger partial charge in [-0.3, -0.25) is 0 Å². The smallest absolute Gasteiger partial charge is 0.141 e. The molecule has 0 saturated carbocycles. The van der Waals surface area contributed by atoms with E-state index in [1.807, 2.05) is 42.5 Å². The molecule has 0 aliphatic carbocycles. The molecule has 0 atom stereocenters. The average Bonchev–Trinajstić information content (AvgIpc) is 2.39. The van der Waals surface area contributed by atoms with Crippen LogP contribution in [0.25, 0.3) is 21.9 Å². The van der Waals surface area contributed by atoms with Crippen molar-refractivity contribution >= 4 is 34.0 Å². The molecular weight excluding hydrogens is 267 g/mol. The number of benzene rings is 2. The third-order valence-corrected chi connectivity index (χ3v) is 3.39. The SMILES string of the molecule is Clc1ncnc(Cl)c1-c1cccc2ccccc12. The number of halogens is 2. The second-order valence-corrected chi connectivity index (χ2v) is 4.57. The van der Waals surface area contributed by atoms with E-state index in [4.69, 9.17) is 23.2 Å². The molecule has 0 fully saturated rings. The molecule has 2 nitrogen and oxygen atoms in total. The Morgan fingerprint density at radius 2 is 1.44 bits per heavy atom. The van der Waals surface area contributed by atoms with Crippen LogP contribution in [-0.4, -0.2) is 9.97 Å². The van der Waals surface area contributed by atoms with Crippen LogP contribution in [0, 0.1) is 0 Å². The predicted octanol–water partition coefficient (Wildman–Crippen LogP) is 4.60. The average molecular weight is 275 g/mol. The zero-order valence-corrected chi connectivity index (χ0v) is 10.8. The molecular formula is C14H8Cl2N2. The van der Waals surface area contributed by atoms with Crippen molar-refractivity contribution < 1.29 is 0 Å². The first kappa shape index (κ1) is 11.5. The van der Waals surface area contributed by atoms with E-state index < -0.39 is 0 Å². The molecule has 3 aromatic rings. The Balaban J connectivity index is 2.39. The molecule has 2 aromatic carbocycles. The third kappa shape index (κ3) is 1.84. The summed E-state index contributed by atoms with van der Waals surface area (Å²) in [6.07, 6.45) is 1.36. The lowest BCUT2D eigenvalue weighted by atomic mass is 10.0. The van der Waals surface area contributed by atoms with Gasteiger partial charge in [-0.2, -0.15) is 0 Å². The minimum atomic E-state index is 0.367. The molecule has 0 aliphatic heterocycles. The standard InChI is InChI=1S/C14H8Cl2N2/c15-13-12(14(16)18-8-17-13)11-7-3-5-9-4-1-2-6-10(9)11/h1-8H. The first-order valence-corrected chi connectivity index (χ1v) is 6.17. The molecule has 1 heterocycles. The molecule has 4 heteroatoms. The maximum Gasteiger partial charge on any atom is 0.141 e. The number of hydrogen-bond acceptors (Lipinski definition) is 2. The summed E-state index contributed by atoms with van der Waals surface area (Å²) >= 11 is 12.3. The lowest BCUT2D eigenvalue weighted by Crippen LogP contribution is -1.89. The van der Waals surface area contributed by atoms with E-state index >= 15 is 0 Å². The molecule has 3 rings (SSSR count). The van der Waals surface area contributed by atoms with E-state index in [0.29, 0.717) is 15.9 Å². The van der Waals surface area contributed by atoms with Crippen LogP contribution >= 0.6 is 23.2 Å². The van der Waals surface area contributed by atoms with Crippen LogP contribution in [0.1, 0.15) is 0 Å². The summed E-state index contributed by atoms with van der Waals surface area (Å²) in [4.78, 5) is 7.99. The van der Waals surface area contributed by atoms with E-state index in [-0.39, 0.29) is 0 Å². The van der Waals surface area contributed by atoms with Gasteiger partial charge < -0.3 is 0 Å². The second-order valence-electron chi connectivity index (χ2n) is 3.86. The molecule has 0 bridgehead atoms. The summed E-state index contributed by atoms with van der Waals surface area (Å²) < 4.78 is 0. The van der Waals surface area contributed by atoms with Gasteiger partial charge in [-0.1, -0.05) is 65.7 Å². The Bertz CT molecular complexity index is 700. The van der Waals surface area contributed by atoms with Gasteiger partial charge in [0.2, 0.25) is 0 Å². The predicted molar refractivity (Wildman–Crippen MR) is 75.0 cm³/mol. The minimum Gasteiger partial charge on any atom is -0.224 e. The minimum absolute atomic E-state index is 0.367. The number of hydrogen-bond donors (Lipinski definition) is 0. The number of aromatic nitrogens is 2. The molecule has 0 radical (unpaired) electrons. The van der Waals surface area contributed by atoms with Crippen LogP contribution in [-0.2, 0) is 0 Å². The lowest BCUT2D eigenvalue weighted by molar-refractivity contribution is 1.17. The number of nitrogens with zero attached hydrogens (tertiary/aromatic N) is 2. The Morgan fingerprint density at radius 1 is 0.778 bits per heavy atom. The van der Waals surface area contributed by atoms with Gasteiger partial charge in [0, 0.05) is 0 Å². The zero-order valence-electron chi connectivity index (χ0n) is 9.27. The Hall–Kier alpha value is -1.64. The van der Waals surface area contributed by atoms with E-state index in [9.17, 15) is 0 Å². The topological polar surface area (TPSA) is 25.8 Å². The summed E-state index contributed by atoms with van der Waals surface area (Å²) in [5.74, 6) is 0. The Labute approximate surface area is 114 Å². The largest absolute Gasteiger partial charge is 0.224 e. The molecule has 0 saturated heterocycles. The normalized spacial score (nSPS) is 10.8.